The van der Waals surface area contributed by atoms with Gasteiger partial charge in [0, 0.05) is 11.4 Å². The molecule has 2 aromatic rings. The van der Waals surface area contributed by atoms with E-state index in [0.717, 1.165) is 28.9 Å². The van der Waals surface area contributed by atoms with Crippen molar-refractivity contribution in [1.82, 2.24) is 5.32 Å². The molecule has 0 fully saturated rings. The molecule has 128 valence electrons. The van der Waals surface area contributed by atoms with Gasteiger partial charge in [-0.25, -0.2) is 4.99 Å². The van der Waals surface area contributed by atoms with E-state index in [0.29, 0.717) is 23.0 Å². The van der Waals surface area contributed by atoms with E-state index in [4.69, 9.17) is 16.3 Å². The minimum Gasteiger partial charge on any atom is -0.496 e. The number of hydrogen-bond donors (Lipinski definition) is 1. The first-order valence-corrected chi connectivity index (χ1v) is 8.42. The lowest BCUT2D eigenvalue weighted by molar-refractivity contribution is -0.115. The van der Waals surface area contributed by atoms with Gasteiger partial charge in [0.1, 0.15) is 17.3 Å². The number of carbonyl (C=O) groups is 1. The molecular weight excluding hydrogens is 336 g/mol. The van der Waals surface area contributed by atoms with Crippen LogP contribution in [0.2, 0.25) is 5.02 Å². The largest absolute Gasteiger partial charge is 0.496 e. The summed E-state index contributed by atoms with van der Waals surface area (Å²) in [4.78, 5) is 16.5. The Hall–Kier alpha value is -2.59. The number of hydrogen-bond acceptors (Lipinski definition) is 3. The van der Waals surface area contributed by atoms with Gasteiger partial charge in [-0.2, -0.15) is 0 Å². The Labute approximate surface area is 152 Å². The minimum absolute atomic E-state index is 0.172. The lowest BCUT2D eigenvalue weighted by atomic mass is 10.1. The highest BCUT2D eigenvalue weighted by Gasteiger charge is 2.19. The summed E-state index contributed by atoms with van der Waals surface area (Å²) >= 11 is 5.99. The van der Waals surface area contributed by atoms with Gasteiger partial charge in [0.15, 0.2) is 0 Å². The van der Waals surface area contributed by atoms with Crippen LogP contribution in [0.3, 0.4) is 0 Å². The average molecular weight is 355 g/mol. The molecule has 1 aliphatic heterocycles. The van der Waals surface area contributed by atoms with Crippen LogP contribution in [0.25, 0.3) is 6.08 Å². The van der Waals surface area contributed by atoms with Crippen LogP contribution in [0.15, 0.2) is 53.2 Å². The molecule has 0 unspecified atom stereocenters. The first-order chi connectivity index (χ1) is 12.0. The number of ether oxygens (including phenoxy) is 1. The lowest BCUT2D eigenvalue weighted by Gasteiger charge is -2.04. The Morgan fingerprint density at radius 3 is 2.76 bits per heavy atom. The van der Waals surface area contributed by atoms with Crippen molar-refractivity contribution in [2.45, 2.75) is 19.8 Å². The number of aryl methyl sites for hydroxylation is 2. The second-order valence-electron chi connectivity index (χ2n) is 5.90. The number of methoxy groups -OCH3 is 1. The van der Waals surface area contributed by atoms with Crippen molar-refractivity contribution in [1.29, 1.82) is 0 Å². The maximum atomic E-state index is 12.1. The molecular formula is C20H19ClN2O2. The zero-order valence-corrected chi connectivity index (χ0v) is 14.9. The second-order valence-corrected chi connectivity index (χ2v) is 6.34. The number of halogens is 1. The van der Waals surface area contributed by atoms with Gasteiger partial charge in [0.2, 0.25) is 0 Å². The number of nitrogens with zero attached hydrogens (tertiary/aromatic N) is 1. The first kappa shape index (κ1) is 17.2. The smallest absolute Gasteiger partial charge is 0.275 e. The highest BCUT2D eigenvalue weighted by molar-refractivity contribution is 6.30. The molecule has 0 saturated heterocycles. The van der Waals surface area contributed by atoms with E-state index >= 15 is 0 Å². The van der Waals surface area contributed by atoms with Crippen molar-refractivity contribution in [2.75, 3.05) is 7.11 Å². The molecule has 1 amide bonds. The quantitative estimate of drug-likeness (QED) is 0.820. The van der Waals surface area contributed by atoms with E-state index in [1.54, 1.807) is 13.2 Å². The maximum Gasteiger partial charge on any atom is 0.275 e. The number of rotatable bonds is 5. The van der Waals surface area contributed by atoms with Crippen molar-refractivity contribution in [3.8, 4) is 5.75 Å². The van der Waals surface area contributed by atoms with Crippen molar-refractivity contribution in [3.05, 3.63) is 69.9 Å². The van der Waals surface area contributed by atoms with Gasteiger partial charge < -0.3 is 10.1 Å². The number of carbonyl (C=O) groups excluding carboxylic acids is 1. The average Bonchev–Trinajstić information content (AvgIpc) is 2.93. The van der Waals surface area contributed by atoms with Gasteiger partial charge >= 0.3 is 0 Å². The molecule has 0 bridgehead atoms. The molecule has 0 aliphatic carbocycles. The predicted octanol–water partition coefficient (Wildman–Crippen LogP) is 4.16. The fraction of sp³-hybridized carbons (Fsp3) is 0.200. The molecule has 4 nitrogen and oxygen atoms in total. The molecule has 0 saturated carbocycles. The van der Waals surface area contributed by atoms with Crippen LogP contribution in [0.1, 0.15) is 23.1 Å². The van der Waals surface area contributed by atoms with Crippen molar-refractivity contribution >= 4 is 29.4 Å². The van der Waals surface area contributed by atoms with E-state index in [9.17, 15) is 4.79 Å². The summed E-state index contributed by atoms with van der Waals surface area (Å²) in [6, 6.07) is 13.5. The van der Waals surface area contributed by atoms with Gasteiger partial charge in [-0.05, 0) is 60.4 Å². The number of nitrogens with one attached hydrogen (secondary N) is 1. The Bertz CT molecular complexity index is 872. The molecule has 0 spiro atoms. The van der Waals surface area contributed by atoms with Crippen LogP contribution in [0.5, 0.6) is 5.75 Å². The standard InChI is InChI=1S/C20H19ClN2O2/c1-13-10-15(6-8-18(13)25-2)12-17-20(24)23-19(22-17)9-7-14-4-3-5-16(21)11-14/h3-6,8,10-12H,7,9H2,1-2H3,(H,22,23,24)/b17-12+. The Kier molecular flexibility index (Phi) is 5.19. The van der Waals surface area contributed by atoms with E-state index < -0.39 is 0 Å². The van der Waals surface area contributed by atoms with E-state index in [2.05, 4.69) is 10.3 Å². The fourth-order valence-corrected chi connectivity index (χ4v) is 2.95. The molecule has 1 N–H and O–H groups in total. The van der Waals surface area contributed by atoms with E-state index in [1.807, 2.05) is 49.4 Å². The summed E-state index contributed by atoms with van der Waals surface area (Å²) in [5.74, 6) is 1.33. The zero-order chi connectivity index (χ0) is 17.8. The molecule has 25 heavy (non-hydrogen) atoms. The van der Waals surface area contributed by atoms with Crippen LogP contribution < -0.4 is 10.1 Å². The predicted molar refractivity (Wildman–Crippen MR) is 101 cm³/mol. The first-order valence-electron chi connectivity index (χ1n) is 8.05. The summed E-state index contributed by atoms with van der Waals surface area (Å²) < 4.78 is 5.25. The lowest BCUT2D eigenvalue weighted by Crippen LogP contribution is -2.24. The Morgan fingerprint density at radius 2 is 2.04 bits per heavy atom. The van der Waals surface area contributed by atoms with Gasteiger partial charge in [0.05, 0.1) is 7.11 Å². The molecule has 1 heterocycles. The number of amides is 1. The summed E-state index contributed by atoms with van der Waals surface area (Å²) in [6.07, 6.45) is 3.22. The normalized spacial score (nSPS) is 15.2. The highest BCUT2D eigenvalue weighted by Crippen LogP contribution is 2.21. The highest BCUT2D eigenvalue weighted by atomic mass is 35.5. The SMILES string of the molecule is COc1ccc(/C=C2/N=C(CCc3cccc(Cl)c3)NC2=O)cc1C. The third-order valence-corrected chi connectivity index (χ3v) is 4.24. The Morgan fingerprint density at radius 1 is 1.20 bits per heavy atom. The number of amidine groups is 1. The summed E-state index contributed by atoms with van der Waals surface area (Å²) in [5, 5.41) is 3.54. The van der Waals surface area contributed by atoms with Crippen molar-refractivity contribution < 1.29 is 9.53 Å². The van der Waals surface area contributed by atoms with Gasteiger partial charge in [-0.15, -0.1) is 0 Å². The molecule has 3 rings (SSSR count). The summed E-state index contributed by atoms with van der Waals surface area (Å²) in [5.41, 5.74) is 3.47. The third kappa shape index (κ3) is 4.28. The van der Waals surface area contributed by atoms with Crippen LogP contribution in [0.4, 0.5) is 0 Å². The van der Waals surface area contributed by atoms with Crippen molar-refractivity contribution in [3.63, 3.8) is 0 Å². The second kappa shape index (κ2) is 7.53. The topological polar surface area (TPSA) is 50.7 Å². The van der Waals surface area contributed by atoms with E-state index in [1.165, 1.54) is 0 Å². The fourth-order valence-electron chi connectivity index (χ4n) is 2.74. The molecule has 2 aromatic carbocycles. The molecule has 5 heteroatoms. The monoisotopic (exact) mass is 354 g/mol. The van der Waals surface area contributed by atoms with Gasteiger partial charge in [-0.1, -0.05) is 29.8 Å². The molecule has 0 radical (unpaired) electrons. The van der Waals surface area contributed by atoms with Crippen LogP contribution in [-0.4, -0.2) is 18.9 Å². The zero-order valence-electron chi connectivity index (χ0n) is 14.2. The van der Waals surface area contributed by atoms with Gasteiger partial charge in [0.25, 0.3) is 5.91 Å². The number of benzene rings is 2. The molecule has 0 atom stereocenters. The van der Waals surface area contributed by atoms with E-state index in [-0.39, 0.29) is 5.91 Å². The molecule has 0 aromatic heterocycles. The van der Waals surface area contributed by atoms with Crippen LogP contribution in [0, 0.1) is 6.92 Å². The van der Waals surface area contributed by atoms with Crippen molar-refractivity contribution in [2.24, 2.45) is 4.99 Å². The third-order valence-electron chi connectivity index (χ3n) is 4.01. The van der Waals surface area contributed by atoms with Crippen LogP contribution in [-0.2, 0) is 11.2 Å². The summed E-state index contributed by atoms with van der Waals surface area (Å²) in [7, 11) is 1.64. The maximum absolute atomic E-state index is 12.1. The van der Waals surface area contributed by atoms with Gasteiger partial charge in [-0.3, -0.25) is 4.79 Å². The number of aliphatic imine (C=N–C) groups is 1. The molecule has 1 aliphatic rings. The minimum atomic E-state index is -0.172. The Balaban J connectivity index is 1.72. The summed E-state index contributed by atoms with van der Waals surface area (Å²) in [6.45, 7) is 1.97. The van der Waals surface area contributed by atoms with Crippen LogP contribution >= 0.6 is 11.6 Å².